The Morgan fingerprint density at radius 2 is 2.18 bits per heavy atom. The summed E-state index contributed by atoms with van der Waals surface area (Å²) in [5, 5.41) is 0. The molecule has 3 N–H and O–H groups in total. The van der Waals surface area contributed by atoms with E-state index in [1.54, 1.807) is 6.20 Å². The molecule has 3 nitrogen and oxygen atoms in total. The maximum absolute atomic E-state index is 6.24. The number of nitrogens with zero attached hydrogens (tertiary/aromatic N) is 1. The van der Waals surface area contributed by atoms with Crippen molar-refractivity contribution in [3.63, 3.8) is 0 Å². The fourth-order valence-electron chi connectivity index (χ4n) is 2.56. The summed E-state index contributed by atoms with van der Waals surface area (Å²) in [4.78, 5) is 7.34. The van der Waals surface area contributed by atoms with Crippen LogP contribution in [0.3, 0.4) is 0 Å². The molecule has 0 bridgehead atoms. The van der Waals surface area contributed by atoms with Gasteiger partial charge in [0.1, 0.15) is 5.82 Å². The van der Waals surface area contributed by atoms with E-state index in [2.05, 4.69) is 40.3 Å². The van der Waals surface area contributed by atoms with E-state index in [1.165, 1.54) is 12.0 Å². The van der Waals surface area contributed by atoms with Crippen molar-refractivity contribution in [2.24, 2.45) is 11.7 Å². The molecule has 1 aliphatic carbocycles. The molecule has 2 aromatic rings. The Hall–Kier alpha value is -1.61. The number of aromatic amines is 1. The van der Waals surface area contributed by atoms with Gasteiger partial charge >= 0.3 is 0 Å². The predicted molar refractivity (Wildman–Crippen MR) is 67.6 cm³/mol. The maximum Gasteiger partial charge on any atom is 0.107 e. The topological polar surface area (TPSA) is 54.7 Å². The normalized spacial score (nSPS) is 24.5. The van der Waals surface area contributed by atoms with Gasteiger partial charge in [-0.15, -0.1) is 0 Å². The maximum atomic E-state index is 6.24. The number of hydrogen-bond donors (Lipinski definition) is 2. The smallest absolute Gasteiger partial charge is 0.107 e. The zero-order valence-electron chi connectivity index (χ0n) is 9.71. The summed E-state index contributed by atoms with van der Waals surface area (Å²) >= 11 is 0. The minimum absolute atomic E-state index is 0.214. The van der Waals surface area contributed by atoms with Crippen LogP contribution < -0.4 is 5.73 Å². The molecule has 3 heteroatoms. The second-order valence-corrected chi connectivity index (χ2v) is 4.82. The predicted octanol–water partition coefficient (Wildman–Crippen LogP) is 2.08. The summed E-state index contributed by atoms with van der Waals surface area (Å²) in [6.45, 7) is 0. The highest BCUT2D eigenvalue weighted by Crippen LogP contribution is 2.49. The van der Waals surface area contributed by atoms with Gasteiger partial charge in [0, 0.05) is 24.9 Å². The SMILES string of the molecule is NC(Cc1ncc[nH]1)C1CC1c1ccccc1. The van der Waals surface area contributed by atoms with Crippen molar-refractivity contribution in [2.45, 2.75) is 24.8 Å². The van der Waals surface area contributed by atoms with Crippen LogP contribution in [0.25, 0.3) is 0 Å². The molecule has 1 saturated carbocycles. The average Bonchev–Trinajstić information content (AvgIpc) is 3.02. The molecule has 3 rings (SSSR count). The number of rotatable bonds is 4. The first-order valence-corrected chi connectivity index (χ1v) is 6.13. The van der Waals surface area contributed by atoms with E-state index in [4.69, 9.17) is 5.73 Å². The van der Waals surface area contributed by atoms with E-state index in [0.717, 1.165) is 12.2 Å². The van der Waals surface area contributed by atoms with Crippen LogP contribution >= 0.6 is 0 Å². The van der Waals surface area contributed by atoms with Gasteiger partial charge in [-0.05, 0) is 23.8 Å². The van der Waals surface area contributed by atoms with Gasteiger partial charge in [-0.1, -0.05) is 30.3 Å². The molecule has 0 amide bonds. The van der Waals surface area contributed by atoms with Crippen LogP contribution in [-0.4, -0.2) is 16.0 Å². The number of nitrogens with one attached hydrogen (secondary N) is 1. The van der Waals surface area contributed by atoms with E-state index >= 15 is 0 Å². The molecular formula is C14H17N3. The summed E-state index contributed by atoms with van der Waals surface area (Å²) in [6, 6.07) is 10.9. The van der Waals surface area contributed by atoms with Gasteiger partial charge in [-0.3, -0.25) is 0 Å². The molecule has 0 aliphatic heterocycles. The second-order valence-electron chi connectivity index (χ2n) is 4.82. The van der Waals surface area contributed by atoms with Crippen LogP contribution in [0.4, 0.5) is 0 Å². The van der Waals surface area contributed by atoms with Gasteiger partial charge in [0.25, 0.3) is 0 Å². The van der Waals surface area contributed by atoms with E-state index in [1.807, 2.05) is 6.20 Å². The lowest BCUT2D eigenvalue weighted by atomic mass is 10.0. The highest BCUT2D eigenvalue weighted by Gasteiger charge is 2.42. The molecule has 1 aromatic heterocycles. The largest absolute Gasteiger partial charge is 0.349 e. The zero-order valence-corrected chi connectivity index (χ0v) is 9.71. The van der Waals surface area contributed by atoms with Crippen LogP contribution in [0.5, 0.6) is 0 Å². The molecular weight excluding hydrogens is 210 g/mol. The fraction of sp³-hybridized carbons (Fsp3) is 0.357. The molecule has 1 fully saturated rings. The van der Waals surface area contributed by atoms with Gasteiger partial charge in [0.2, 0.25) is 0 Å². The molecule has 88 valence electrons. The second kappa shape index (κ2) is 4.34. The summed E-state index contributed by atoms with van der Waals surface area (Å²) in [5.74, 6) is 2.26. The highest BCUT2D eigenvalue weighted by atomic mass is 14.9. The first kappa shape index (κ1) is 10.5. The number of hydrogen-bond acceptors (Lipinski definition) is 2. The fourth-order valence-corrected chi connectivity index (χ4v) is 2.56. The molecule has 17 heavy (non-hydrogen) atoms. The van der Waals surface area contributed by atoms with Crippen LogP contribution in [0.1, 0.15) is 23.7 Å². The zero-order chi connectivity index (χ0) is 11.7. The lowest BCUT2D eigenvalue weighted by Crippen LogP contribution is -2.26. The van der Waals surface area contributed by atoms with E-state index in [0.29, 0.717) is 11.8 Å². The van der Waals surface area contributed by atoms with Gasteiger partial charge in [-0.2, -0.15) is 0 Å². The van der Waals surface area contributed by atoms with Gasteiger partial charge in [0.05, 0.1) is 0 Å². The van der Waals surface area contributed by atoms with Crippen LogP contribution in [0.2, 0.25) is 0 Å². The number of nitrogens with two attached hydrogens (primary N) is 1. The molecule has 0 saturated heterocycles. The van der Waals surface area contributed by atoms with Gasteiger partial charge < -0.3 is 10.7 Å². The Morgan fingerprint density at radius 3 is 2.88 bits per heavy atom. The molecule has 0 radical (unpaired) electrons. The molecule has 3 atom stereocenters. The van der Waals surface area contributed by atoms with Crippen LogP contribution in [0, 0.1) is 5.92 Å². The Balaban J connectivity index is 1.61. The number of imidazole rings is 1. The highest BCUT2D eigenvalue weighted by molar-refractivity contribution is 5.26. The van der Waals surface area contributed by atoms with Crippen molar-refractivity contribution in [2.75, 3.05) is 0 Å². The van der Waals surface area contributed by atoms with Crippen LogP contribution in [0.15, 0.2) is 42.7 Å². The Labute approximate surface area is 101 Å². The minimum Gasteiger partial charge on any atom is -0.349 e. The van der Waals surface area contributed by atoms with Crippen molar-refractivity contribution >= 4 is 0 Å². The minimum atomic E-state index is 0.214. The molecule has 1 heterocycles. The summed E-state index contributed by atoms with van der Waals surface area (Å²) in [7, 11) is 0. The van der Waals surface area contributed by atoms with Crippen molar-refractivity contribution in [1.82, 2.24) is 9.97 Å². The average molecular weight is 227 g/mol. The van der Waals surface area contributed by atoms with E-state index < -0.39 is 0 Å². The van der Waals surface area contributed by atoms with Crippen molar-refractivity contribution in [1.29, 1.82) is 0 Å². The molecule has 3 unspecified atom stereocenters. The lowest BCUT2D eigenvalue weighted by molar-refractivity contribution is 0.565. The third-order valence-electron chi connectivity index (χ3n) is 3.60. The molecule has 1 aliphatic rings. The lowest BCUT2D eigenvalue weighted by Gasteiger charge is -2.09. The monoisotopic (exact) mass is 227 g/mol. The van der Waals surface area contributed by atoms with Crippen LogP contribution in [-0.2, 0) is 6.42 Å². The van der Waals surface area contributed by atoms with Crippen molar-refractivity contribution < 1.29 is 0 Å². The van der Waals surface area contributed by atoms with Gasteiger partial charge in [0.15, 0.2) is 0 Å². The molecule has 0 spiro atoms. The Kier molecular flexibility index (Phi) is 2.69. The number of aromatic nitrogens is 2. The first-order valence-electron chi connectivity index (χ1n) is 6.13. The van der Waals surface area contributed by atoms with Crippen molar-refractivity contribution in [3.05, 3.63) is 54.1 Å². The third kappa shape index (κ3) is 2.24. The van der Waals surface area contributed by atoms with Gasteiger partial charge in [-0.25, -0.2) is 4.98 Å². The standard InChI is InChI=1S/C14H17N3/c15-13(9-14-16-6-7-17-14)12-8-11(12)10-4-2-1-3-5-10/h1-7,11-13H,8-9,15H2,(H,16,17). The third-order valence-corrected chi connectivity index (χ3v) is 3.60. The number of benzene rings is 1. The Bertz CT molecular complexity index is 463. The van der Waals surface area contributed by atoms with E-state index in [-0.39, 0.29) is 6.04 Å². The Morgan fingerprint density at radius 1 is 1.35 bits per heavy atom. The summed E-state index contributed by atoms with van der Waals surface area (Å²) < 4.78 is 0. The summed E-state index contributed by atoms with van der Waals surface area (Å²) in [6.07, 6.45) is 5.69. The quantitative estimate of drug-likeness (QED) is 0.840. The number of H-pyrrole nitrogens is 1. The summed E-state index contributed by atoms with van der Waals surface area (Å²) in [5.41, 5.74) is 7.66. The first-order chi connectivity index (χ1) is 8.34. The van der Waals surface area contributed by atoms with E-state index in [9.17, 15) is 0 Å². The molecule has 1 aromatic carbocycles. The van der Waals surface area contributed by atoms with Crippen molar-refractivity contribution in [3.8, 4) is 0 Å².